The Labute approximate surface area is 323 Å². The van der Waals surface area contributed by atoms with Crippen LogP contribution in [-0.2, 0) is 28.2 Å². The van der Waals surface area contributed by atoms with E-state index in [0.717, 1.165) is 51.4 Å². The molecule has 1 atom stereocenters. The first kappa shape index (κ1) is 50.9. The number of ether oxygens (including phenoxy) is 2. The zero-order chi connectivity index (χ0) is 35.4. The molecule has 0 spiro atoms. The molecule has 49 heavy (non-hydrogen) atoms. The van der Waals surface area contributed by atoms with E-state index in [2.05, 4.69) is 30.5 Å². The molecule has 1 radical (unpaired) electrons. The molecule has 0 bridgehead atoms. The molecule has 0 rings (SSSR count). The number of carbonyl (C=O) groups is 2. The maximum absolute atomic E-state index is 12.4. The predicted molar refractivity (Wildman–Crippen MR) is 204 cm³/mol. The van der Waals surface area contributed by atoms with E-state index in [1.54, 1.807) is 0 Å². The Bertz CT molecular complexity index is 804. The van der Waals surface area contributed by atoms with Crippen LogP contribution in [0.15, 0.2) is 12.2 Å². The molecule has 285 valence electrons. The number of hydrogen-bond acceptors (Lipinski definition) is 6. The third-order valence-corrected chi connectivity index (χ3v) is 9.27. The van der Waals surface area contributed by atoms with E-state index in [9.17, 15) is 14.2 Å². The normalized spacial score (nSPS) is 12.2. The Morgan fingerprint density at radius 2 is 0.878 bits per heavy atom. The molecule has 0 aromatic heterocycles. The van der Waals surface area contributed by atoms with Crippen molar-refractivity contribution < 1.29 is 37.9 Å². The van der Waals surface area contributed by atoms with Gasteiger partial charge >= 0.3 is 19.8 Å². The zero-order valence-corrected chi connectivity index (χ0v) is 35.0. The average molecular weight is 726 g/mol. The Morgan fingerprint density at radius 1 is 0.531 bits per heavy atom. The first-order chi connectivity index (χ1) is 23.3. The van der Waals surface area contributed by atoms with E-state index in [1.165, 1.54) is 122 Å². The first-order valence-corrected chi connectivity index (χ1v) is 21.5. The van der Waals surface area contributed by atoms with Crippen LogP contribution in [0.2, 0.25) is 0 Å². The van der Waals surface area contributed by atoms with Gasteiger partial charge in [0.1, 0.15) is 6.61 Å². The second kappa shape index (κ2) is 39.0. The molecule has 2 N–H and O–H groups in total. The molecular formula is C39H75NaO8P. The van der Waals surface area contributed by atoms with Gasteiger partial charge in [0, 0.05) is 42.4 Å². The summed E-state index contributed by atoms with van der Waals surface area (Å²) in [6.07, 6.45) is 37.8. The topological polar surface area (TPSA) is 119 Å². The van der Waals surface area contributed by atoms with Crippen LogP contribution in [-0.4, -0.2) is 70.6 Å². The van der Waals surface area contributed by atoms with Gasteiger partial charge < -0.3 is 19.3 Å². The van der Waals surface area contributed by atoms with Crippen molar-refractivity contribution in [3.8, 4) is 0 Å². The Kier molecular flexibility index (Phi) is 40.5. The zero-order valence-electron chi connectivity index (χ0n) is 32.2. The van der Waals surface area contributed by atoms with E-state index in [1.807, 2.05) is 0 Å². The minimum absolute atomic E-state index is 0. The molecule has 10 heteroatoms. The SMILES string of the molecule is CCCCCCCC/C=C\CCCCCCCC(=O)O[C@H](COC(=O)CCCCCCCCCCCCCCCCC)COP(=O)(O)O.[Na]. The minimum Gasteiger partial charge on any atom is -0.462 e. The fourth-order valence-corrected chi connectivity index (χ4v) is 6.14. The molecule has 0 fully saturated rings. The molecule has 8 nitrogen and oxygen atoms in total. The molecule has 0 aliphatic carbocycles. The largest absolute Gasteiger partial charge is 0.469 e. The van der Waals surface area contributed by atoms with Crippen molar-refractivity contribution in [2.75, 3.05) is 13.2 Å². The summed E-state index contributed by atoms with van der Waals surface area (Å²) in [5.74, 6) is -0.885. The predicted octanol–water partition coefficient (Wildman–Crippen LogP) is 11.5. The number of phosphoric ester groups is 1. The fraction of sp³-hybridized carbons (Fsp3) is 0.897. The maximum atomic E-state index is 12.4. The molecule has 0 saturated heterocycles. The summed E-state index contributed by atoms with van der Waals surface area (Å²) in [4.78, 5) is 42.7. The summed E-state index contributed by atoms with van der Waals surface area (Å²) < 4.78 is 26.3. The van der Waals surface area contributed by atoms with Gasteiger partial charge in [0.25, 0.3) is 0 Å². The van der Waals surface area contributed by atoms with Gasteiger partial charge in [-0.25, -0.2) is 4.57 Å². The van der Waals surface area contributed by atoms with Crippen molar-refractivity contribution in [1.29, 1.82) is 0 Å². The van der Waals surface area contributed by atoms with E-state index in [-0.39, 0.29) is 49.0 Å². The Morgan fingerprint density at radius 3 is 1.27 bits per heavy atom. The minimum atomic E-state index is -4.75. The number of hydrogen-bond donors (Lipinski definition) is 2. The second-order valence-electron chi connectivity index (χ2n) is 13.6. The van der Waals surface area contributed by atoms with Crippen LogP contribution in [0.5, 0.6) is 0 Å². The maximum Gasteiger partial charge on any atom is 0.469 e. The first-order valence-electron chi connectivity index (χ1n) is 20.0. The molecule has 0 aromatic carbocycles. The van der Waals surface area contributed by atoms with Gasteiger partial charge in [-0.2, -0.15) is 0 Å². The quantitative estimate of drug-likeness (QED) is 0.0213. The van der Waals surface area contributed by atoms with E-state index >= 15 is 0 Å². The molecule has 0 saturated carbocycles. The second-order valence-corrected chi connectivity index (χ2v) is 14.9. The van der Waals surface area contributed by atoms with Crippen molar-refractivity contribution in [3.63, 3.8) is 0 Å². The van der Waals surface area contributed by atoms with E-state index in [4.69, 9.17) is 19.3 Å². The number of unbranched alkanes of at least 4 members (excludes halogenated alkanes) is 25. The van der Waals surface area contributed by atoms with Crippen molar-refractivity contribution in [3.05, 3.63) is 12.2 Å². The molecule has 0 heterocycles. The Balaban J connectivity index is 0. The summed E-state index contributed by atoms with van der Waals surface area (Å²) in [5.41, 5.74) is 0. The number of rotatable bonds is 37. The van der Waals surface area contributed by atoms with Gasteiger partial charge in [0.15, 0.2) is 6.10 Å². The van der Waals surface area contributed by atoms with Crippen LogP contribution >= 0.6 is 7.82 Å². The fourth-order valence-electron chi connectivity index (χ4n) is 5.78. The van der Waals surface area contributed by atoms with Crippen molar-refractivity contribution in [2.24, 2.45) is 0 Å². The van der Waals surface area contributed by atoms with Crippen LogP contribution < -0.4 is 0 Å². The van der Waals surface area contributed by atoms with Crippen LogP contribution in [0.1, 0.15) is 206 Å². The molecule has 0 aliphatic rings. The van der Waals surface area contributed by atoms with Crippen LogP contribution in [0.4, 0.5) is 0 Å². The number of phosphoric acid groups is 1. The Hall–Kier alpha value is -0.210. The third kappa shape index (κ3) is 42.1. The van der Waals surface area contributed by atoms with Gasteiger partial charge in [0.05, 0.1) is 6.61 Å². The van der Waals surface area contributed by atoms with Crippen molar-refractivity contribution in [2.45, 2.75) is 213 Å². The molecule has 0 amide bonds. The van der Waals surface area contributed by atoms with Gasteiger partial charge in [-0.1, -0.05) is 167 Å². The number of carbonyl (C=O) groups excluding carboxylic acids is 2. The van der Waals surface area contributed by atoms with Gasteiger partial charge in [-0.3, -0.25) is 14.1 Å². The summed E-state index contributed by atoms with van der Waals surface area (Å²) in [6.45, 7) is 3.68. The number of allylic oxidation sites excluding steroid dienone is 2. The van der Waals surface area contributed by atoms with Crippen LogP contribution in [0.25, 0.3) is 0 Å². The molecule has 0 aromatic rings. The smallest absolute Gasteiger partial charge is 0.462 e. The summed E-state index contributed by atoms with van der Waals surface area (Å²) in [5, 5.41) is 0. The van der Waals surface area contributed by atoms with Gasteiger partial charge in [-0.15, -0.1) is 0 Å². The monoisotopic (exact) mass is 726 g/mol. The standard InChI is InChI=1S/C39H75O8P.Na/c1-3-5-7-9-11-13-15-17-19-21-23-25-27-29-31-33-38(40)45-35-37(36-46-48(42,43)44)47-39(41)34-32-30-28-26-24-22-20-18-16-14-12-10-8-6-4-2;/h18,20,37H,3-17,19,21-36H2,1-2H3,(H2,42,43,44);/b20-18-;/t37-;/m1./s1. The number of esters is 2. The van der Waals surface area contributed by atoms with Crippen LogP contribution in [0.3, 0.4) is 0 Å². The average Bonchev–Trinajstić information content (AvgIpc) is 3.05. The summed E-state index contributed by atoms with van der Waals surface area (Å²) >= 11 is 0. The van der Waals surface area contributed by atoms with Crippen molar-refractivity contribution in [1.82, 2.24) is 0 Å². The van der Waals surface area contributed by atoms with Crippen molar-refractivity contribution >= 4 is 49.3 Å². The van der Waals surface area contributed by atoms with E-state index in [0.29, 0.717) is 6.42 Å². The summed E-state index contributed by atoms with van der Waals surface area (Å²) in [6, 6.07) is 0. The van der Waals surface area contributed by atoms with E-state index < -0.39 is 32.5 Å². The van der Waals surface area contributed by atoms with Gasteiger partial charge in [0.2, 0.25) is 0 Å². The summed E-state index contributed by atoms with van der Waals surface area (Å²) in [7, 11) is -4.75. The third-order valence-electron chi connectivity index (χ3n) is 8.78. The van der Waals surface area contributed by atoms with Gasteiger partial charge in [-0.05, 0) is 38.5 Å². The molecular weight excluding hydrogens is 650 g/mol. The van der Waals surface area contributed by atoms with Crippen LogP contribution in [0, 0.1) is 0 Å². The molecule has 0 unspecified atom stereocenters. The molecule has 0 aliphatic heterocycles.